The summed E-state index contributed by atoms with van der Waals surface area (Å²) in [5, 5.41) is 13.6. The second kappa shape index (κ2) is 7.18. The minimum Gasteiger partial charge on any atom is -0.494 e. The number of hydrogen-bond donors (Lipinski definition) is 2. The van der Waals surface area contributed by atoms with E-state index in [1.165, 1.54) is 44.4 Å². The van der Waals surface area contributed by atoms with Gasteiger partial charge in [0.15, 0.2) is 4.90 Å². The molecule has 0 spiro atoms. The molecule has 0 fully saturated rings. The van der Waals surface area contributed by atoms with Crippen molar-refractivity contribution < 1.29 is 22.9 Å². The van der Waals surface area contributed by atoms with Crippen LogP contribution < -0.4 is 14.8 Å². The Morgan fingerprint density at radius 1 is 1.20 bits per heavy atom. The number of nitrogens with one attached hydrogen (secondary N) is 2. The van der Waals surface area contributed by atoms with E-state index in [0.717, 1.165) is 12.1 Å². The molecule has 0 heterocycles. The van der Waals surface area contributed by atoms with Gasteiger partial charge in [0.2, 0.25) is 5.91 Å². The minimum atomic E-state index is -4.18. The molecule has 132 valence electrons. The molecular formula is C15H15N3O6S. The first kappa shape index (κ1) is 18.2. The summed E-state index contributed by atoms with van der Waals surface area (Å²) in [6.07, 6.45) is 0. The summed E-state index contributed by atoms with van der Waals surface area (Å²) in [5.41, 5.74) is -0.0374. The number of ether oxygens (including phenoxy) is 1. The number of carbonyl (C=O) groups is 1. The van der Waals surface area contributed by atoms with Crippen LogP contribution in [0.2, 0.25) is 0 Å². The van der Waals surface area contributed by atoms with Crippen molar-refractivity contribution in [2.24, 2.45) is 0 Å². The van der Waals surface area contributed by atoms with Crippen LogP contribution in [0.5, 0.6) is 5.75 Å². The number of anilines is 2. The number of rotatable bonds is 6. The molecule has 25 heavy (non-hydrogen) atoms. The van der Waals surface area contributed by atoms with Crippen molar-refractivity contribution in [2.75, 3.05) is 17.1 Å². The van der Waals surface area contributed by atoms with E-state index in [9.17, 15) is 23.3 Å². The van der Waals surface area contributed by atoms with Gasteiger partial charge in [0.25, 0.3) is 15.7 Å². The van der Waals surface area contributed by atoms with E-state index >= 15 is 0 Å². The molecule has 9 nitrogen and oxygen atoms in total. The van der Waals surface area contributed by atoms with Gasteiger partial charge in [-0.1, -0.05) is 12.1 Å². The van der Waals surface area contributed by atoms with E-state index < -0.39 is 25.5 Å². The second-order valence-corrected chi connectivity index (χ2v) is 6.58. The third kappa shape index (κ3) is 4.23. The van der Waals surface area contributed by atoms with Crippen LogP contribution in [-0.2, 0) is 14.8 Å². The number of nitro benzene ring substituents is 1. The largest absolute Gasteiger partial charge is 0.494 e. The van der Waals surface area contributed by atoms with Crippen molar-refractivity contribution in [2.45, 2.75) is 11.8 Å². The molecule has 0 aliphatic heterocycles. The zero-order valence-corrected chi connectivity index (χ0v) is 14.2. The molecule has 0 aromatic heterocycles. The number of nitrogens with zero attached hydrogens (tertiary/aromatic N) is 1. The maximum Gasteiger partial charge on any atom is 0.289 e. The van der Waals surface area contributed by atoms with Crippen molar-refractivity contribution in [3.8, 4) is 5.75 Å². The lowest BCUT2D eigenvalue weighted by molar-refractivity contribution is -0.387. The van der Waals surface area contributed by atoms with Gasteiger partial charge in [-0.05, 0) is 18.2 Å². The standard InChI is InChI=1S/C15H15N3O6S/c1-10(19)16-12-8-7-11(9-14(12)24-2)17-25(22,23)15-6-4-3-5-13(15)18(20)21/h3-9,17H,1-2H3,(H,16,19). The van der Waals surface area contributed by atoms with Crippen LogP contribution in [0.25, 0.3) is 0 Å². The fourth-order valence-electron chi connectivity index (χ4n) is 2.09. The normalized spacial score (nSPS) is 10.8. The molecule has 0 bridgehead atoms. The number of sulfonamides is 1. The van der Waals surface area contributed by atoms with Crippen LogP contribution >= 0.6 is 0 Å². The van der Waals surface area contributed by atoms with Gasteiger partial charge in [-0.15, -0.1) is 0 Å². The molecule has 0 aliphatic carbocycles. The molecule has 2 aromatic carbocycles. The molecule has 0 unspecified atom stereocenters. The van der Waals surface area contributed by atoms with Gasteiger partial charge in [-0.3, -0.25) is 19.6 Å². The van der Waals surface area contributed by atoms with Crippen LogP contribution in [0.3, 0.4) is 0 Å². The molecule has 2 rings (SSSR count). The van der Waals surface area contributed by atoms with Crippen molar-refractivity contribution in [3.05, 3.63) is 52.6 Å². The maximum atomic E-state index is 12.5. The number of hydrogen-bond acceptors (Lipinski definition) is 6. The van der Waals surface area contributed by atoms with Crippen molar-refractivity contribution >= 4 is 33.0 Å². The smallest absolute Gasteiger partial charge is 0.289 e. The Kier molecular flexibility index (Phi) is 5.22. The first-order valence-electron chi connectivity index (χ1n) is 6.96. The summed E-state index contributed by atoms with van der Waals surface area (Å²) >= 11 is 0. The number of carbonyl (C=O) groups excluding carboxylic acids is 1. The highest BCUT2D eigenvalue weighted by Crippen LogP contribution is 2.30. The van der Waals surface area contributed by atoms with Gasteiger partial charge in [0.1, 0.15) is 5.75 Å². The first-order valence-corrected chi connectivity index (χ1v) is 8.45. The SMILES string of the molecule is COc1cc(NS(=O)(=O)c2ccccc2[N+](=O)[O-])ccc1NC(C)=O. The van der Waals surface area contributed by atoms with Crippen LogP contribution in [-0.4, -0.2) is 26.4 Å². The molecule has 1 amide bonds. The molecule has 2 aromatic rings. The van der Waals surface area contributed by atoms with E-state index in [-0.39, 0.29) is 17.3 Å². The van der Waals surface area contributed by atoms with Crippen molar-refractivity contribution in [1.82, 2.24) is 0 Å². The van der Waals surface area contributed by atoms with Gasteiger partial charge < -0.3 is 10.1 Å². The topological polar surface area (TPSA) is 128 Å². The van der Waals surface area contributed by atoms with E-state index in [0.29, 0.717) is 5.69 Å². The van der Waals surface area contributed by atoms with Crippen LogP contribution in [0, 0.1) is 10.1 Å². The number of amides is 1. The van der Waals surface area contributed by atoms with Gasteiger partial charge in [0.05, 0.1) is 23.4 Å². The van der Waals surface area contributed by atoms with Crippen molar-refractivity contribution in [1.29, 1.82) is 0 Å². The molecule has 0 atom stereocenters. The van der Waals surface area contributed by atoms with E-state index in [2.05, 4.69) is 10.0 Å². The van der Waals surface area contributed by atoms with Gasteiger partial charge in [-0.2, -0.15) is 0 Å². The van der Waals surface area contributed by atoms with Gasteiger partial charge in [0, 0.05) is 19.1 Å². The Morgan fingerprint density at radius 2 is 1.88 bits per heavy atom. The lowest BCUT2D eigenvalue weighted by Gasteiger charge is -2.13. The molecule has 0 aliphatic rings. The van der Waals surface area contributed by atoms with Gasteiger partial charge >= 0.3 is 0 Å². The van der Waals surface area contributed by atoms with Crippen LogP contribution in [0.1, 0.15) is 6.92 Å². The Bertz CT molecular complexity index is 927. The molecular weight excluding hydrogens is 350 g/mol. The van der Waals surface area contributed by atoms with Crippen LogP contribution in [0.15, 0.2) is 47.4 Å². The number of methoxy groups -OCH3 is 1. The minimum absolute atomic E-state index is 0.129. The number of nitro groups is 1. The Morgan fingerprint density at radius 3 is 2.48 bits per heavy atom. The highest BCUT2D eigenvalue weighted by molar-refractivity contribution is 7.92. The predicted octanol–water partition coefficient (Wildman–Crippen LogP) is 2.36. The zero-order chi connectivity index (χ0) is 18.6. The van der Waals surface area contributed by atoms with Gasteiger partial charge in [-0.25, -0.2) is 8.42 Å². The highest BCUT2D eigenvalue weighted by atomic mass is 32.2. The summed E-state index contributed by atoms with van der Waals surface area (Å²) in [7, 11) is -2.82. The first-order chi connectivity index (χ1) is 11.7. The third-order valence-corrected chi connectivity index (χ3v) is 4.54. The van der Waals surface area contributed by atoms with E-state index in [1.54, 1.807) is 0 Å². The molecule has 10 heteroatoms. The fraction of sp³-hybridized carbons (Fsp3) is 0.133. The van der Waals surface area contributed by atoms with E-state index in [4.69, 9.17) is 4.74 Å². The third-order valence-electron chi connectivity index (χ3n) is 3.12. The summed E-state index contributed by atoms with van der Waals surface area (Å²) in [5.74, 6) is -0.0792. The average Bonchev–Trinajstić information content (AvgIpc) is 2.55. The molecule has 0 saturated carbocycles. The summed E-state index contributed by atoms with van der Waals surface area (Å²) in [4.78, 5) is 20.9. The second-order valence-electron chi connectivity index (χ2n) is 4.93. The van der Waals surface area contributed by atoms with Crippen LogP contribution in [0.4, 0.5) is 17.1 Å². The summed E-state index contributed by atoms with van der Waals surface area (Å²) in [6.45, 7) is 1.32. The lowest BCUT2D eigenvalue weighted by atomic mass is 10.2. The Hall–Kier alpha value is -3.14. The summed E-state index contributed by atoms with van der Waals surface area (Å²) in [6, 6.07) is 9.23. The molecule has 0 radical (unpaired) electrons. The monoisotopic (exact) mass is 365 g/mol. The fourth-order valence-corrected chi connectivity index (χ4v) is 3.32. The predicted molar refractivity (Wildman–Crippen MR) is 91.2 cm³/mol. The lowest BCUT2D eigenvalue weighted by Crippen LogP contribution is -2.15. The quantitative estimate of drug-likeness (QED) is 0.597. The maximum absolute atomic E-state index is 12.5. The number of benzene rings is 2. The molecule has 2 N–H and O–H groups in total. The molecule has 0 saturated heterocycles. The highest BCUT2D eigenvalue weighted by Gasteiger charge is 2.25. The Labute approximate surface area is 143 Å². The van der Waals surface area contributed by atoms with E-state index in [1.807, 2.05) is 0 Å². The van der Waals surface area contributed by atoms with Crippen molar-refractivity contribution in [3.63, 3.8) is 0 Å². The summed E-state index contributed by atoms with van der Waals surface area (Å²) < 4.78 is 32.3. The average molecular weight is 365 g/mol. The Balaban J connectivity index is 2.39. The number of para-hydroxylation sites is 1. The zero-order valence-electron chi connectivity index (χ0n) is 13.3.